The van der Waals surface area contributed by atoms with Crippen LogP contribution in [0.5, 0.6) is 17.2 Å². The second-order valence-electron chi connectivity index (χ2n) is 9.25. The van der Waals surface area contributed by atoms with E-state index in [1.165, 1.54) is 22.3 Å². The molecule has 0 saturated carbocycles. The van der Waals surface area contributed by atoms with Crippen molar-refractivity contribution in [1.82, 2.24) is 5.01 Å². The largest absolute Gasteiger partial charge is 0.493 e. The lowest BCUT2D eigenvalue weighted by atomic mass is 9.87. The molecule has 36 heavy (non-hydrogen) atoms. The van der Waals surface area contributed by atoms with Gasteiger partial charge in [0.2, 0.25) is 5.17 Å². The maximum atomic E-state index is 12.6. The molecule has 2 aliphatic heterocycles. The Bertz CT molecular complexity index is 1260. The number of carbonyl (C=O) groups excluding carboxylic acids is 1. The third-order valence-electron chi connectivity index (χ3n) is 5.63. The van der Waals surface area contributed by atoms with Gasteiger partial charge in [-0.2, -0.15) is 15.1 Å². The summed E-state index contributed by atoms with van der Waals surface area (Å²) in [6.07, 6.45) is 2.33. The maximum absolute atomic E-state index is 12.6. The van der Waals surface area contributed by atoms with Crippen LogP contribution >= 0.6 is 11.8 Å². The van der Waals surface area contributed by atoms with Crippen molar-refractivity contribution >= 4 is 39.8 Å². The number of amidine groups is 2. The van der Waals surface area contributed by atoms with Gasteiger partial charge < -0.3 is 14.2 Å². The zero-order chi connectivity index (χ0) is 25.9. The molecule has 0 atom stereocenters. The van der Waals surface area contributed by atoms with Crippen LogP contribution in [0, 0.1) is 5.41 Å². The standard InChI is InChI=1S/C27H30N4O4S/c1-6-23-30-31-24(28)20(25(32)29-26(31)36-23)15-17-7-12-21(22(16-17)33-5)35-14-13-34-19-10-8-18(9-11-19)27(2,3)4/h7-12,15-16,28H,6,13-14H2,1-5H3/b20-15+,28-24?. The first kappa shape index (κ1) is 25.5. The topological polar surface area (TPSA) is 96.6 Å². The summed E-state index contributed by atoms with van der Waals surface area (Å²) in [6.45, 7) is 9.22. The second kappa shape index (κ2) is 10.6. The van der Waals surface area contributed by atoms with Crippen LogP contribution in [0.2, 0.25) is 0 Å². The molecule has 0 radical (unpaired) electrons. The lowest BCUT2D eigenvalue weighted by molar-refractivity contribution is -0.114. The molecule has 0 saturated heterocycles. The van der Waals surface area contributed by atoms with Crippen LogP contribution in [-0.4, -0.2) is 47.3 Å². The molecule has 1 amide bonds. The van der Waals surface area contributed by atoms with Crippen molar-refractivity contribution in [2.75, 3.05) is 20.3 Å². The van der Waals surface area contributed by atoms with Crippen molar-refractivity contribution in [2.24, 2.45) is 10.1 Å². The number of benzene rings is 2. The van der Waals surface area contributed by atoms with E-state index >= 15 is 0 Å². The number of aliphatic imine (C=N–C) groups is 1. The van der Waals surface area contributed by atoms with Crippen LogP contribution in [0.15, 0.2) is 58.1 Å². The summed E-state index contributed by atoms with van der Waals surface area (Å²) in [6, 6.07) is 13.4. The number of hydrogen-bond donors (Lipinski definition) is 1. The number of carbonyl (C=O) groups is 1. The Labute approximate surface area is 215 Å². The molecule has 0 unspecified atom stereocenters. The van der Waals surface area contributed by atoms with Crippen LogP contribution in [-0.2, 0) is 10.2 Å². The molecule has 8 nitrogen and oxygen atoms in total. The third-order valence-corrected chi connectivity index (χ3v) is 6.68. The molecule has 0 aromatic heterocycles. The van der Waals surface area contributed by atoms with Gasteiger partial charge in [-0.3, -0.25) is 10.2 Å². The number of nitrogens with zero attached hydrogens (tertiary/aromatic N) is 3. The van der Waals surface area contributed by atoms with Crippen LogP contribution in [0.4, 0.5) is 0 Å². The van der Waals surface area contributed by atoms with E-state index in [4.69, 9.17) is 19.6 Å². The highest BCUT2D eigenvalue weighted by Gasteiger charge is 2.35. The summed E-state index contributed by atoms with van der Waals surface area (Å²) in [5, 5.41) is 15.5. The Morgan fingerprint density at radius 3 is 2.44 bits per heavy atom. The molecule has 9 heteroatoms. The number of amides is 1. The molecule has 2 aliphatic rings. The minimum atomic E-state index is -0.460. The molecule has 0 spiro atoms. The van der Waals surface area contributed by atoms with Gasteiger partial charge in [0.1, 0.15) is 24.0 Å². The number of nitrogens with one attached hydrogen (secondary N) is 1. The first-order valence-corrected chi connectivity index (χ1v) is 12.5. The zero-order valence-electron chi connectivity index (χ0n) is 21.1. The minimum absolute atomic E-state index is 0.00734. The van der Waals surface area contributed by atoms with Gasteiger partial charge >= 0.3 is 0 Å². The quantitative estimate of drug-likeness (QED) is 0.376. The first-order chi connectivity index (χ1) is 17.2. The van der Waals surface area contributed by atoms with Gasteiger partial charge in [-0.05, 0) is 65.1 Å². The van der Waals surface area contributed by atoms with Crippen LogP contribution in [0.3, 0.4) is 0 Å². The summed E-state index contributed by atoms with van der Waals surface area (Å²) in [5.74, 6) is 1.41. The van der Waals surface area contributed by atoms with E-state index in [9.17, 15) is 4.79 Å². The number of rotatable bonds is 8. The molecular weight excluding hydrogens is 476 g/mol. The molecule has 188 valence electrons. The Morgan fingerprint density at radius 1 is 1.06 bits per heavy atom. The van der Waals surface area contributed by atoms with Crippen LogP contribution in [0.25, 0.3) is 6.08 Å². The smallest absolute Gasteiger partial charge is 0.283 e. The van der Waals surface area contributed by atoms with E-state index in [0.717, 1.165) is 10.8 Å². The number of fused-ring (bicyclic) bond motifs is 1. The van der Waals surface area contributed by atoms with E-state index < -0.39 is 5.91 Å². The van der Waals surface area contributed by atoms with E-state index in [2.05, 4.69) is 43.0 Å². The average molecular weight is 507 g/mol. The SMILES string of the molecule is CCC1=NN2C(=N)/C(=C\c3ccc(OCCOc4ccc(C(C)(C)C)cc4)c(OC)c3)C(=O)N=C2S1. The summed E-state index contributed by atoms with van der Waals surface area (Å²) >= 11 is 1.32. The van der Waals surface area contributed by atoms with Gasteiger partial charge in [0.25, 0.3) is 5.91 Å². The lowest BCUT2D eigenvalue weighted by Crippen LogP contribution is -2.35. The predicted molar refractivity (Wildman–Crippen MR) is 144 cm³/mol. The summed E-state index contributed by atoms with van der Waals surface area (Å²) < 4.78 is 17.2. The summed E-state index contributed by atoms with van der Waals surface area (Å²) in [4.78, 5) is 16.7. The molecule has 2 aromatic carbocycles. The highest BCUT2D eigenvalue weighted by atomic mass is 32.2. The third kappa shape index (κ3) is 5.62. The molecule has 2 heterocycles. The Morgan fingerprint density at radius 2 is 1.78 bits per heavy atom. The van der Waals surface area contributed by atoms with Crippen molar-refractivity contribution in [2.45, 2.75) is 39.5 Å². The van der Waals surface area contributed by atoms with E-state index in [1.54, 1.807) is 31.4 Å². The van der Waals surface area contributed by atoms with E-state index in [0.29, 0.717) is 41.9 Å². The van der Waals surface area contributed by atoms with Crippen molar-refractivity contribution in [1.29, 1.82) is 5.41 Å². The number of hydrazone groups is 1. The summed E-state index contributed by atoms with van der Waals surface area (Å²) in [5.41, 5.74) is 2.21. The minimum Gasteiger partial charge on any atom is -0.493 e. The fraction of sp³-hybridized carbons (Fsp3) is 0.333. The molecule has 1 N–H and O–H groups in total. The zero-order valence-corrected chi connectivity index (χ0v) is 21.9. The molecule has 4 rings (SSSR count). The van der Waals surface area contributed by atoms with Crippen LogP contribution in [0.1, 0.15) is 45.2 Å². The van der Waals surface area contributed by atoms with Crippen molar-refractivity contribution in [3.63, 3.8) is 0 Å². The maximum Gasteiger partial charge on any atom is 0.283 e. The fourth-order valence-electron chi connectivity index (χ4n) is 3.60. The van der Waals surface area contributed by atoms with E-state index in [-0.39, 0.29) is 16.8 Å². The van der Waals surface area contributed by atoms with Gasteiger partial charge in [-0.15, -0.1) is 0 Å². The molecular formula is C27H30N4O4S. The number of methoxy groups -OCH3 is 1. The predicted octanol–water partition coefficient (Wildman–Crippen LogP) is 5.48. The van der Waals surface area contributed by atoms with Gasteiger partial charge in [0.05, 0.1) is 12.7 Å². The molecule has 2 aromatic rings. The fourth-order valence-corrected chi connectivity index (χ4v) is 4.42. The molecule has 0 bridgehead atoms. The van der Waals surface area contributed by atoms with Gasteiger partial charge in [0.15, 0.2) is 17.3 Å². The second-order valence-corrected chi connectivity index (χ2v) is 10.3. The average Bonchev–Trinajstić information content (AvgIpc) is 3.28. The first-order valence-electron chi connectivity index (χ1n) is 11.7. The Kier molecular flexibility index (Phi) is 7.49. The van der Waals surface area contributed by atoms with Gasteiger partial charge in [0, 0.05) is 0 Å². The van der Waals surface area contributed by atoms with Gasteiger partial charge in [-0.1, -0.05) is 45.9 Å². The number of ether oxygens (including phenoxy) is 3. The number of hydrogen-bond acceptors (Lipinski definition) is 7. The summed E-state index contributed by atoms with van der Waals surface area (Å²) in [7, 11) is 1.55. The lowest BCUT2D eigenvalue weighted by Gasteiger charge is -2.20. The van der Waals surface area contributed by atoms with Gasteiger partial charge in [-0.25, -0.2) is 0 Å². The highest BCUT2D eigenvalue weighted by Crippen LogP contribution is 2.32. The van der Waals surface area contributed by atoms with Crippen LogP contribution < -0.4 is 14.2 Å². The molecule has 0 fully saturated rings. The molecule has 0 aliphatic carbocycles. The van der Waals surface area contributed by atoms with Crippen molar-refractivity contribution in [3.05, 3.63) is 59.2 Å². The highest BCUT2D eigenvalue weighted by molar-refractivity contribution is 8.26. The van der Waals surface area contributed by atoms with Crippen molar-refractivity contribution < 1.29 is 19.0 Å². The number of thioether (sulfide) groups is 1. The van der Waals surface area contributed by atoms with Crippen molar-refractivity contribution in [3.8, 4) is 17.2 Å². The van der Waals surface area contributed by atoms with E-state index in [1.807, 2.05) is 19.1 Å². The monoisotopic (exact) mass is 506 g/mol. The normalized spacial score (nSPS) is 16.6. The Hall–Kier alpha value is -3.59. The Balaban J connectivity index is 1.39.